The highest BCUT2D eigenvalue weighted by Gasteiger charge is 2.30. The summed E-state index contributed by atoms with van der Waals surface area (Å²) in [6, 6.07) is 3.71. The number of aromatic nitrogens is 1. The maximum atomic E-state index is 11.9. The van der Waals surface area contributed by atoms with E-state index in [2.05, 4.69) is 20.9 Å². The Labute approximate surface area is 97.6 Å². The molecule has 0 unspecified atom stereocenters. The van der Waals surface area contributed by atoms with Gasteiger partial charge in [-0.2, -0.15) is 0 Å². The number of likely N-dealkylation sites (tertiary alicyclic amines) is 1. The van der Waals surface area contributed by atoms with Crippen molar-refractivity contribution in [2.45, 2.75) is 6.92 Å². The maximum absolute atomic E-state index is 11.9. The Bertz CT molecular complexity index is 357. The fourth-order valence-electron chi connectivity index (χ4n) is 1.61. The Morgan fingerprint density at radius 2 is 2.33 bits per heavy atom. The predicted octanol–water partition coefficient (Wildman–Crippen LogP) is 1.86. The van der Waals surface area contributed by atoms with E-state index < -0.39 is 0 Å². The van der Waals surface area contributed by atoms with Gasteiger partial charge in [0.15, 0.2) is 0 Å². The third-order valence-electron chi connectivity index (χ3n) is 2.62. The van der Waals surface area contributed by atoms with Crippen LogP contribution < -0.4 is 0 Å². The van der Waals surface area contributed by atoms with Crippen molar-refractivity contribution in [3.05, 3.63) is 29.6 Å². The SMILES string of the molecule is Cc1ccc(C(=O)N2CC(CBr)C2)cn1. The molecule has 1 amide bonds. The lowest BCUT2D eigenvalue weighted by Gasteiger charge is -2.38. The zero-order chi connectivity index (χ0) is 10.8. The first-order valence-corrected chi connectivity index (χ1v) is 6.10. The van der Waals surface area contributed by atoms with Crippen LogP contribution in [0.2, 0.25) is 0 Å². The fraction of sp³-hybridized carbons (Fsp3) is 0.455. The number of nitrogens with zero attached hydrogens (tertiary/aromatic N) is 2. The molecule has 15 heavy (non-hydrogen) atoms. The van der Waals surface area contributed by atoms with Crippen LogP contribution >= 0.6 is 15.9 Å². The average Bonchev–Trinajstić information content (AvgIpc) is 2.17. The first kappa shape index (κ1) is 10.6. The van der Waals surface area contributed by atoms with Gasteiger partial charge in [-0.15, -0.1) is 0 Å². The molecular weight excluding hydrogens is 256 g/mol. The monoisotopic (exact) mass is 268 g/mol. The second-order valence-corrected chi connectivity index (χ2v) is 4.57. The molecule has 0 radical (unpaired) electrons. The van der Waals surface area contributed by atoms with E-state index in [0.717, 1.165) is 24.1 Å². The normalized spacial score (nSPS) is 16.3. The number of carbonyl (C=O) groups is 1. The highest BCUT2D eigenvalue weighted by molar-refractivity contribution is 9.09. The molecule has 0 aromatic carbocycles. The summed E-state index contributed by atoms with van der Waals surface area (Å²) in [4.78, 5) is 17.9. The van der Waals surface area contributed by atoms with E-state index >= 15 is 0 Å². The minimum atomic E-state index is 0.0969. The van der Waals surface area contributed by atoms with Gasteiger partial charge in [-0.3, -0.25) is 9.78 Å². The van der Waals surface area contributed by atoms with E-state index in [1.807, 2.05) is 24.0 Å². The van der Waals surface area contributed by atoms with Crippen molar-refractivity contribution in [1.82, 2.24) is 9.88 Å². The van der Waals surface area contributed by atoms with Crippen LogP contribution in [0.4, 0.5) is 0 Å². The second-order valence-electron chi connectivity index (χ2n) is 3.92. The number of hydrogen-bond donors (Lipinski definition) is 0. The molecular formula is C11H13BrN2O. The molecule has 2 rings (SSSR count). The van der Waals surface area contributed by atoms with Crippen molar-refractivity contribution in [2.24, 2.45) is 5.92 Å². The Hall–Kier alpha value is -0.900. The average molecular weight is 269 g/mol. The molecule has 1 aliphatic heterocycles. The lowest BCUT2D eigenvalue weighted by atomic mass is 10.0. The third kappa shape index (κ3) is 2.20. The molecule has 0 N–H and O–H groups in total. The van der Waals surface area contributed by atoms with Gasteiger partial charge in [-0.05, 0) is 19.1 Å². The summed E-state index contributed by atoms with van der Waals surface area (Å²) in [5.74, 6) is 0.715. The summed E-state index contributed by atoms with van der Waals surface area (Å²) in [5, 5.41) is 0.975. The predicted molar refractivity (Wildman–Crippen MR) is 62.2 cm³/mol. The number of hydrogen-bond acceptors (Lipinski definition) is 2. The van der Waals surface area contributed by atoms with Crippen molar-refractivity contribution in [1.29, 1.82) is 0 Å². The molecule has 0 atom stereocenters. The zero-order valence-electron chi connectivity index (χ0n) is 8.61. The van der Waals surface area contributed by atoms with E-state index in [0.29, 0.717) is 11.5 Å². The van der Waals surface area contributed by atoms with Gasteiger partial charge in [0.05, 0.1) is 5.56 Å². The van der Waals surface area contributed by atoms with Gasteiger partial charge >= 0.3 is 0 Å². The number of alkyl halides is 1. The van der Waals surface area contributed by atoms with Gasteiger partial charge < -0.3 is 4.90 Å². The van der Waals surface area contributed by atoms with E-state index in [1.54, 1.807) is 6.20 Å². The minimum absolute atomic E-state index is 0.0969. The number of amides is 1. The van der Waals surface area contributed by atoms with Gasteiger partial charge in [-0.1, -0.05) is 15.9 Å². The highest BCUT2D eigenvalue weighted by Crippen LogP contribution is 2.19. The highest BCUT2D eigenvalue weighted by atomic mass is 79.9. The van der Waals surface area contributed by atoms with E-state index in [-0.39, 0.29) is 5.91 Å². The first-order valence-electron chi connectivity index (χ1n) is 4.98. The maximum Gasteiger partial charge on any atom is 0.255 e. The first-order chi connectivity index (χ1) is 7.20. The molecule has 3 nitrogen and oxygen atoms in total. The summed E-state index contributed by atoms with van der Waals surface area (Å²) < 4.78 is 0. The van der Waals surface area contributed by atoms with Gasteiger partial charge in [0, 0.05) is 36.2 Å². The summed E-state index contributed by atoms with van der Waals surface area (Å²) >= 11 is 3.42. The Balaban J connectivity index is 2.00. The molecule has 0 bridgehead atoms. The van der Waals surface area contributed by atoms with Gasteiger partial charge in [-0.25, -0.2) is 0 Å². The Morgan fingerprint density at radius 3 is 2.87 bits per heavy atom. The van der Waals surface area contributed by atoms with Crippen LogP contribution in [0.5, 0.6) is 0 Å². The minimum Gasteiger partial charge on any atom is -0.338 e. The molecule has 1 aromatic heterocycles. The number of rotatable bonds is 2. The van der Waals surface area contributed by atoms with E-state index in [1.165, 1.54) is 0 Å². The molecule has 0 spiro atoms. The Morgan fingerprint density at radius 1 is 1.60 bits per heavy atom. The molecule has 1 aliphatic rings. The molecule has 0 aliphatic carbocycles. The molecule has 2 heterocycles. The lowest BCUT2D eigenvalue weighted by Crippen LogP contribution is -2.50. The standard InChI is InChI=1S/C11H13BrN2O/c1-8-2-3-10(5-13-8)11(15)14-6-9(4-12)7-14/h2-3,5,9H,4,6-7H2,1H3. The van der Waals surface area contributed by atoms with Crippen LogP contribution in [-0.2, 0) is 0 Å². The number of aryl methyl sites for hydroxylation is 1. The van der Waals surface area contributed by atoms with E-state index in [4.69, 9.17) is 0 Å². The van der Waals surface area contributed by atoms with Crippen LogP contribution in [-0.4, -0.2) is 34.2 Å². The van der Waals surface area contributed by atoms with Crippen molar-refractivity contribution in [3.63, 3.8) is 0 Å². The van der Waals surface area contributed by atoms with Crippen LogP contribution in [0.1, 0.15) is 16.1 Å². The van der Waals surface area contributed by atoms with Crippen LogP contribution in [0.3, 0.4) is 0 Å². The topological polar surface area (TPSA) is 33.2 Å². The smallest absolute Gasteiger partial charge is 0.255 e. The van der Waals surface area contributed by atoms with Crippen LogP contribution in [0, 0.1) is 12.8 Å². The van der Waals surface area contributed by atoms with Crippen LogP contribution in [0.25, 0.3) is 0 Å². The van der Waals surface area contributed by atoms with Crippen molar-refractivity contribution in [2.75, 3.05) is 18.4 Å². The summed E-state index contributed by atoms with van der Waals surface area (Å²) in [6.45, 7) is 3.63. The molecule has 1 saturated heterocycles. The van der Waals surface area contributed by atoms with Crippen LogP contribution in [0.15, 0.2) is 18.3 Å². The Kier molecular flexibility index (Phi) is 3.05. The fourth-order valence-corrected chi connectivity index (χ4v) is 2.02. The van der Waals surface area contributed by atoms with Gasteiger partial charge in [0.25, 0.3) is 5.91 Å². The molecule has 1 aromatic rings. The largest absolute Gasteiger partial charge is 0.338 e. The third-order valence-corrected chi connectivity index (χ3v) is 3.54. The van der Waals surface area contributed by atoms with Gasteiger partial charge in [0.2, 0.25) is 0 Å². The number of carbonyl (C=O) groups excluding carboxylic acids is 1. The van der Waals surface area contributed by atoms with E-state index in [9.17, 15) is 4.79 Å². The summed E-state index contributed by atoms with van der Waals surface area (Å²) in [5.41, 5.74) is 1.63. The quantitative estimate of drug-likeness (QED) is 0.768. The van der Waals surface area contributed by atoms with Crippen molar-refractivity contribution in [3.8, 4) is 0 Å². The number of halogens is 1. The zero-order valence-corrected chi connectivity index (χ0v) is 10.2. The molecule has 4 heteroatoms. The number of pyridine rings is 1. The van der Waals surface area contributed by atoms with Gasteiger partial charge in [0.1, 0.15) is 0 Å². The van der Waals surface area contributed by atoms with Crippen molar-refractivity contribution < 1.29 is 4.79 Å². The summed E-state index contributed by atoms with van der Waals surface area (Å²) in [6.07, 6.45) is 1.65. The molecule has 1 fully saturated rings. The second kappa shape index (κ2) is 4.31. The lowest BCUT2D eigenvalue weighted by molar-refractivity contribution is 0.0538. The van der Waals surface area contributed by atoms with Crippen molar-refractivity contribution >= 4 is 21.8 Å². The molecule has 80 valence electrons. The summed E-state index contributed by atoms with van der Waals surface area (Å²) in [7, 11) is 0. The molecule has 0 saturated carbocycles.